The number of aromatic amines is 1. The van der Waals surface area contributed by atoms with Gasteiger partial charge in [0.15, 0.2) is 5.43 Å². The van der Waals surface area contributed by atoms with E-state index in [1.807, 2.05) is 32.3 Å². The van der Waals surface area contributed by atoms with Crippen LogP contribution in [0.5, 0.6) is 0 Å². The number of nitrogens with zero attached hydrogens (tertiary/aromatic N) is 4. The molecule has 4 aromatic rings. The van der Waals surface area contributed by atoms with Crippen LogP contribution >= 0.6 is 11.6 Å². The second kappa shape index (κ2) is 6.38. The summed E-state index contributed by atoms with van der Waals surface area (Å²) in [5.41, 5.74) is 4.40. The lowest BCUT2D eigenvalue weighted by atomic mass is 9.98. The van der Waals surface area contributed by atoms with Crippen molar-refractivity contribution in [2.75, 3.05) is 0 Å². The maximum Gasteiger partial charge on any atom is 0.208 e. The molecule has 1 N–H and O–H groups in total. The molecule has 0 aliphatic carbocycles. The molecule has 0 aliphatic rings. The molecular weight excluding hydrogens is 362 g/mol. The van der Waals surface area contributed by atoms with Crippen LogP contribution in [0.25, 0.3) is 38.4 Å². The number of aromatic nitrogens is 4. The number of nitrogens with one attached hydrogen (secondary N) is 1. The van der Waals surface area contributed by atoms with E-state index in [0.29, 0.717) is 33.1 Å². The molecule has 7 heteroatoms. The van der Waals surface area contributed by atoms with Crippen molar-refractivity contribution < 1.29 is 0 Å². The molecule has 0 saturated heterocycles. The SMILES string of the molecule is [C-]#[N+]c1c(C)cc(-c2cc3c(=O)cc[nH]c3nc2-c2ccn(C)n2)cc1Cl. The summed E-state index contributed by atoms with van der Waals surface area (Å²) in [6.07, 6.45) is 3.41. The molecule has 0 atom stereocenters. The molecule has 6 nitrogen and oxygen atoms in total. The van der Waals surface area contributed by atoms with Crippen LogP contribution in [-0.4, -0.2) is 19.7 Å². The Hall–Kier alpha value is -3.43. The van der Waals surface area contributed by atoms with Crippen LogP contribution in [-0.2, 0) is 7.05 Å². The van der Waals surface area contributed by atoms with Crippen LogP contribution in [0.2, 0.25) is 5.02 Å². The third-order valence-corrected chi connectivity index (χ3v) is 4.66. The number of hydrogen-bond acceptors (Lipinski definition) is 3. The van der Waals surface area contributed by atoms with E-state index >= 15 is 0 Å². The zero-order valence-corrected chi connectivity index (χ0v) is 15.4. The van der Waals surface area contributed by atoms with Gasteiger partial charge in [-0.15, -0.1) is 0 Å². The third-order valence-electron chi connectivity index (χ3n) is 4.38. The van der Waals surface area contributed by atoms with E-state index in [0.717, 1.165) is 16.7 Å². The van der Waals surface area contributed by atoms with Gasteiger partial charge in [0.25, 0.3) is 0 Å². The Morgan fingerprint density at radius 1 is 1.26 bits per heavy atom. The summed E-state index contributed by atoms with van der Waals surface area (Å²) in [5.74, 6) is 0. The first-order valence-corrected chi connectivity index (χ1v) is 8.56. The maximum atomic E-state index is 12.3. The molecule has 132 valence electrons. The van der Waals surface area contributed by atoms with Crippen molar-refractivity contribution in [3.63, 3.8) is 0 Å². The second-order valence-electron chi connectivity index (χ2n) is 6.23. The fraction of sp³-hybridized carbons (Fsp3) is 0.100. The minimum atomic E-state index is -0.120. The van der Waals surface area contributed by atoms with Gasteiger partial charge in [-0.1, -0.05) is 17.7 Å². The molecule has 0 saturated carbocycles. The van der Waals surface area contributed by atoms with E-state index in [4.69, 9.17) is 18.2 Å². The van der Waals surface area contributed by atoms with Gasteiger partial charge >= 0.3 is 0 Å². The molecule has 0 aliphatic heterocycles. The zero-order valence-electron chi connectivity index (χ0n) is 14.6. The first-order valence-electron chi connectivity index (χ1n) is 8.18. The average Bonchev–Trinajstić information content (AvgIpc) is 3.07. The topological polar surface area (TPSA) is 67.9 Å². The van der Waals surface area contributed by atoms with Crippen molar-refractivity contribution >= 4 is 28.3 Å². The highest BCUT2D eigenvalue weighted by molar-refractivity contribution is 6.33. The normalized spacial score (nSPS) is 10.9. The van der Waals surface area contributed by atoms with Gasteiger partial charge in [-0.3, -0.25) is 9.48 Å². The van der Waals surface area contributed by atoms with Crippen molar-refractivity contribution in [1.82, 2.24) is 19.7 Å². The first kappa shape index (κ1) is 17.0. The summed E-state index contributed by atoms with van der Waals surface area (Å²) in [4.78, 5) is 23.5. The number of fused-ring (bicyclic) bond motifs is 1. The van der Waals surface area contributed by atoms with Gasteiger partial charge in [-0.25, -0.2) is 9.83 Å². The predicted molar refractivity (Wildman–Crippen MR) is 106 cm³/mol. The lowest BCUT2D eigenvalue weighted by Crippen LogP contribution is -2.04. The Balaban J connectivity index is 2.08. The summed E-state index contributed by atoms with van der Waals surface area (Å²) >= 11 is 6.31. The number of hydrogen-bond donors (Lipinski definition) is 1. The van der Waals surface area contributed by atoms with Gasteiger partial charge in [0.05, 0.1) is 12.0 Å². The predicted octanol–water partition coefficient (Wildman–Crippen LogP) is 4.50. The zero-order chi connectivity index (χ0) is 19.1. The number of aryl methyl sites for hydroxylation is 2. The molecule has 3 heterocycles. The third kappa shape index (κ3) is 2.88. The minimum absolute atomic E-state index is 0.120. The van der Waals surface area contributed by atoms with E-state index in [2.05, 4.69) is 19.9 Å². The Morgan fingerprint density at radius 2 is 2.07 bits per heavy atom. The van der Waals surface area contributed by atoms with E-state index in [9.17, 15) is 4.79 Å². The molecule has 0 amide bonds. The molecule has 1 aromatic carbocycles. The highest BCUT2D eigenvalue weighted by atomic mass is 35.5. The van der Waals surface area contributed by atoms with Crippen LogP contribution in [0.1, 0.15) is 5.56 Å². The second-order valence-corrected chi connectivity index (χ2v) is 6.64. The molecule has 4 rings (SSSR count). The van der Waals surface area contributed by atoms with E-state index in [-0.39, 0.29) is 5.43 Å². The molecule has 0 unspecified atom stereocenters. The van der Waals surface area contributed by atoms with Gasteiger partial charge in [0.1, 0.15) is 17.0 Å². The van der Waals surface area contributed by atoms with Crippen molar-refractivity contribution in [1.29, 1.82) is 0 Å². The van der Waals surface area contributed by atoms with Crippen LogP contribution in [0, 0.1) is 13.5 Å². The van der Waals surface area contributed by atoms with Crippen LogP contribution in [0.15, 0.2) is 47.5 Å². The average molecular weight is 376 g/mol. The summed E-state index contributed by atoms with van der Waals surface area (Å²) in [6.45, 7) is 9.12. The van der Waals surface area contributed by atoms with Crippen molar-refractivity contribution in [2.24, 2.45) is 7.05 Å². The first-order chi connectivity index (χ1) is 13.0. The standard InChI is InChI=1S/C20H14ClN5O/c1-11-8-12(9-15(21)18(11)22-2)13-10-14-17(27)4-6-23-20(14)24-19(13)16-5-7-26(3)25-16/h4-10H,1,3H3,(H,23,24,27). The Kier molecular flexibility index (Phi) is 4.02. The monoisotopic (exact) mass is 375 g/mol. The van der Waals surface area contributed by atoms with Crippen molar-refractivity contribution in [2.45, 2.75) is 6.92 Å². The summed E-state index contributed by atoms with van der Waals surface area (Å²) in [7, 11) is 1.83. The molecule has 0 fully saturated rings. The Morgan fingerprint density at radius 3 is 2.74 bits per heavy atom. The van der Waals surface area contributed by atoms with E-state index < -0.39 is 0 Å². The lowest BCUT2D eigenvalue weighted by molar-refractivity contribution is 0.770. The molecule has 0 spiro atoms. The fourth-order valence-corrected chi connectivity index (χ4v) is 3.40. The van der Waals surface area contributed by atoms with Gasteiger partial charge in [0.2, 0.25) is 5.69 Å². The number of pyridine rings is 2. The van der Waals surface area contributed by atoms with Crippen LogP contribution in [0.3, 0.4) is 0 Å². The summed E-state index contributed by atoms with van der Waals surface area (Å²) < 4.78 is 1.69. The van der Waals surface area contributed by atoms with Crippen LogP contribution < -0.4 is 5.43 Å². The molecule has 0 bridgehead atoms. The van der Waals surface area contributed by atoms with E-state index in [1.165, 1.54) is 6.07 Å². The molecule has 3 aromatic heterocycles. The number of rotatable bonds is 2. The smallest absolute Gasteiger partial charge is 0.208 e. The summed E-state index contributed by atoms with van der Waals surface area (Å²) in [6, 6.07) is 8.74. The Bertz CT molecular complexity index is 1270. The largest absolute Gasteiger partial charge is 0.346 e. The van der Waals surface area contributed by atoms with Gasteiger partial charge in [0, 0.05) is 36.1 Å². The number of H-pyrrole nitrogens is 1. The molecule has 27 heavy (non-hydrogen) atoms. The van der Waals surface area contributed by atoms with Crippen LogP contribution in [0.4, 0.5) is 5.69 Å². The minimum Gasteiger partial charge on any atom is -0.346 e. The van der Waals surface area contributed by atoms with Crippen molar-refractivity contribution in [3.05, 3.63) is 75.0 Å². The number of benzene rings is 1. The molecular formula is C20H14ClN5O. The quantitative estimate of drug-likeness (QED) is 0.524. The number of halogens is 1. The lowest BCUT2D eigenvalue weighted by Gasteiger charge is -2.11. The van der Waals surface area contributed by atoms with Gasteiger partial charge in [-0.2, -0.15) is 5.10 Å². The Labute approximate surface area is 159 Å². The highest BCUT2D eigenvalue weighted by Gasteiger charge is 2.17. The maximum absolute atomic E-state index is 12.3. The van der Waals surface area contributed by atoms with Gasteiger partial charge < -0.3 is 4.98 Å². The van der Waals surface area contributed by atoms with E-state index in [1.54, 1.807) is 23.0 Å². The van der Waals surface area contributed by atoms with Crippen molar-refractivity contribution in [3.8, 4) is 22.5 Å². The fourth-order valence-electron chi connectivity index (χ4n) is 3.09. The summed E-state index contributed by atoms with van der Waals surface area (Å²) in [5, 5.41) is 5.31. The highest BCUT2D eigenvalue weighted by Crippen LogP contribution is 2.37. The molecule has 0 radical (unpaired) electrons. The van der Waals surface area contributed by atoms with Gasteiger partial charge in [-0.05, 0) is 36.2 Å².